The molecule has 146 valence electrons. The number of unbranched alkanes of at least 4 members (excludes halogenated alkanes) is 1. The van der Waals surface area contributed by atoms with Crippen LogP contribution >= 0.6 is 0 Å². The average molecular weight is 373 g/mol. The number of allylic oxidation sites excluding steroid dienone is 1. The van der Waals surface area contributed by atoms with Crippen LogP contribution in [0.5, 0.6) is 5.75 Å². The molecule has 0 spiro atoms. The van der Waals surface area contributed by atoms with Gasteiger partial charge in [-0.1, -0.05) is 12.1 Å². The second-order valence-electron chi connectivity index (χ2n) is 6.21. The van der Waals surface area contributed by atoms with Crippen molar-refractivity contribution >= 4 is 0 Å². The predicted molar refractivity (Wildman–Crippen MR) is 105 cm³/mol. The predicted octanol–water partition coefficient (Wildman–Crippen LogP) is 0.934. The first-order valence-corrected chi connectivity index (χ1v) is 8.89. The molecule has 0 bridgehead atoms. The van der Waals surface area contributed by atoms with E-state index in [0.717, 1.165) is 30.7 Å². The van der Waals surface area contributed by atoms with Crippen LogP contribution < -0.4 is 27.6 Å². The van der Waals surface area contributed by atoms with E-state index in [1.54, 1.807) is 12.1 Å². The Labute approximate surface area is 158 Å². The first-order valence-electron chi connectivity index (χ1n) is 8.89. The Morgan fingerprint density at radius 2 is 1.96 bits per heavy atom. The number of hydrogen-bond donors (Lipinski definition) is 3. The highest BCUT2D eigenvalue weighted by molar-refractivity contribution is 5.27. The zero-order chi connectivity index (χ0) is 19.6. The van der Waals surface area contributed by atoms with Crippen molar-refractivity contribution in [2.45, 2.75) is 32.2 Å². The van der Waals surface area contributed by atoms with E-state index in [-0.39, 0.29) is 5.56 Å². The van der Waals surface area contributed by atoms with Gasteiger partial charge in [-0.15, -0.1) is 0 Å². The molecule has 8 nitrogen and oxygen atoms in total. The highest BCUT2D eigenvalue weighted by atomic mass is 16.5. The lowest BCUT2D eigenvalue weighted by molar-refractivity contribution is 0.343. The molecule has 0 saturated carbocycles. The van der Waals surface area contributed by atoms with Crippen molar-refractivity contribution in [2.24, 2.45) is 11.6 Å². The quantitative estimate of drug-likeness (QED) is 0.324. The molecule has 0 fully saturated rings. The van der Waals surface area contributed by atoms with Crippen LogP contribution in [0, 0.1) is 0 Å². The Balaban J connectivity index is 1.76. The summed E-state index contributed by atoms with van der Waals surface area (Å²) in [7, 11) is 1.64. The first-order chi connectivity index (χ1) is 13.0. The second kappa shape index (κ2) is 10.2. The molecule has 0 amide bonds. The monoisotopic (exact) mass is 373 g/mol. The highest BCUT2D eigenvalue weighted by Gasteiger charge is 2.06. The molecule has 0 aliphatic heterocycles. The van der Waals surface area contributed by atoms with Crippen LogP contribution in [0.25, 0.3) is 0 Å². The first kappa shape index (κ1) is 20.3. The molecule has 2 rings (SSSR count). The lowest BCUT2D eigenvalue weighted by Gasteiger charge is -2.22. The van der Waals surface area contributed by atoms with Gasteiger partial charge >= 0.3 is 5.69 Å². The summed E-state index contributed by atoms with van der Waals surface area (Å²) in [5.41, 5.74) is 6.96. The number of aryl methyl sites for hydroxylation is 1. The molecule has 0 saturated heterocycles. The normalized spacial score (nSPS) is 11.4. The van der Waals surface area contributed by atoms with Crippen molar-refractivity contribution in [3.63, 3.8) is 0 Å². The summed E-state index contributed by atoms with van der Waals surface area (Å²) in [5, 5.41) is 1.66. The number of hydrogen-bond acceptors (Lipinski definition) is 6. The number of aromatic nitrogens is 2. The van der Waals surface area contributed by atoms with Gasteiger partial charge in [0.2, 0.25) is 0 Å². The van der Waals surface area contributed by atoms with Gasteiger partial charge in [0, 0.05) is 37.2 Å². The minimum Gasteiger partial charge on any atom is -0.497 e. The summed E-state index contributed by atoms with van der Waals surface area (Å²) < 4.78 is 6.63. The largest absolute Gasteiger partial charge is 0.497 e. The molecule has 0 radical (unpaired) electrons. The third-order valence-corrected chi connectivity index (χ3v) is 4.34. The van der Waals surface area contributed by atoms with Gasteiger partial charge in [0.1, 0.15) is 5.75 Å². The van der Waals surface area contributed by atoms with Gasteiger partial charge in [-0.05, 0) is 43.4 Å². The molecular formula is C19H27N5O3. The maximum atomic E-state index is 11.6. The maximum Gasteiger partial charge on any atom is 0.328 e. The van der Waals surface area contributed by atoms with Crippen molar-refractivity contribution in [3.05, 3.63) is 74.8 Å². The molecule has 0 unspecified atom stereocenters. The van der Waals surface area contributed by atoms with Crippen molar-refractivity contribution in [1.82, 2.24) is 14.6 Å². The zero-order valence-electron chi connectivity index (χ0n) is 15.6. The standard InChI is InChI=1S/C19H27N5O3/c1-27-17-7-5-15(6-8-17)9-13-24(21)16(14-20)4-2-3-11-23-12-10-18(25)22-19(23)26/h5-8,10,12,14H,2-4,9,11,13,20-21H2,1H3,(H,22,25,26)/b16-14-. The van der Waals surface area contributed by atoms with Crippen LogP contribution in [0.2, 0.25) is 0 Å². The molecule has 2 aromatic rings. The summed E-state index contributed by atoms with van der Waals surface area (Å²) in [6, 6.07) is 9.22. The van der Waals surface area contributed by atoms with Crippen molar-refractivity contribution < 1.29 is 4.74 Å². The van der Waals surface area contributed by atoms with E-state index >= 15 is 0 Å². The molecular weight excluding hydrogens is 346 g/mol. The molecule has 1 aromatic heterocycles. The lowest BCUT2D eigenvalue weighted by Crippen LogP contribution is -2.33. The van der Waals surface area contributed by atoms with Gasteiger partial charge in [0.05, 0.1) is 7.11 Å². The summed E-state index contributed by atoms with van der Waals surface area (Å²) >= 11 is 0. The zero-order valence-corrected chi connectivity index (χ0v) is 15.6. The smallest absolute Gasteiger partial charge is 0.328 e. The summed E-state index contributed by atoms with van der Waals surface area (Å²) in [6.07, 6.45) is 6.14. The second-order valence-corrected chi connectivity index (χ2v) is 6.21. The Kier molecular flexibility index (Phi) is 7.69. The van der Waals surface area contributed by atoms with Crippen LogP contribution in [0.3, 0.4) is 0 Å². The van der Waals surface area contributed by atoms with E-state index in [2.05, 4.69) is 4.98 Å². The number of methoxy groups -OCH3 is 1. The molecule has 1 aromatic carbocycles. The fourth-order valence-electron chi connectivity index (χ4n) is 2.72. The van der Waals surface area contributed by atoms with Crippen LogP contribution in [0.15, 0.2) is 58.0 Å². The van der Waals surface area contributed by atoms with Gasteiger partial charge in [0.25, 0.3) is 5.56 Å². The Morgan fingerprint density at radius 1 is 1.22 bits per heavy atom. The number of H-pyrrole nitrogens is 1. The molecule has 1 heterocycles. The number of ether oxygens (including phenoxy) is 1. The number of nitrogens with zero attached hydrogens (tertiary/aromatic N) is 2. The average Bonchev–Trinajstić information content (AvgIpc) is 2.68. The molecule has 0 atom stereocenters. The third-order valence-electron chi connectivity index (χ3n) is 4.34. The number of rotatable bonds is 10. The van der Waals surface area contributed by atoms with Crippen LogP contribution in [-0.2, 0) is 13.0 Å². The van der Waals surface area contributed by atoms with Crippen molar-refractivity contribution in [3.8, 4) is 5.75 Å². The van der Waals surface area contributed by atoms with E-state index in [9.17, 15) is 9.59 Å². The maximum absolute atomic E-state index is 11.6. The minimum atomic E-state index is -0.392. The molecule has 8 heteroatoms. The highest BCUT2D eigenvalue weighted by Crippen LogP contribution is 2.14. The van der Waals surface area contributed by atoms with Crippen LogP contribution in [0.1, 0.15) is 24.8 Å². The summed E-state index contributed by atoms with van der Waals surface area (Å²) in [4.78, 5) is 24.9. The van der Waals surface area contributed by atoms with Gasteiger partial charge in [-0.25, -0.2) is 10.6 Å². The van der Waals surface area contributed by atoms with Crippen molar-refractivity contribution in [2.75, 3.05) is 13.7 Å². The minimum absolute atomic E-state index is 0.389. The third kappa shape index (κ3) is 6.34. The van der Waals surface area contributed by atoms with Gasteiger partial charge < -0.3 is 20.0 Å². The number of hydrazine groups is 1. The topological polar surface area (TPSA) is 119 Å². The van der Waals surface area contributed by atoms with Gasteiger partial charge in [0.15, 0.2) is 0 Å². The Hall–Kier alpha value is -3.00. The van der Waals surface area contributed by atoms with E-state index in [1.165, 1.54) is 28.6 Å². The number of nitrogens with two attached hydrogens (primary N) is 2. The molecule has 0 aliphatic rings. The van der Waals surface area contributed by atoms with Crippen LogP contribution in [-0.4, -0.2) is 28.2 Å². The summed E-state index contributed by atoms with van der Waals surface area (Å²) in [6.45, 7) is 1.18. The van der Waals surface area contributed by atoms with E-state index in [4.69, 9.17) is 16.3 Å². The molecule has 27 heavy (non-hydrogen) atoms. The Bertz CT molecular complexity index is 855. The number of nitrogens with one attached hydrogen (secondary N) is 1. The lowest BCUT2D eigenvalue weighted by atomic mass is 10.1. The molecule has 0 aliphatic carbocycles. The van der Waals surface area contributed by atoms with Gasteiger partial charge in [-0.3, -0.25) is 9.78 Å². The SMILES string of the molecule is COc1ccc(CCN(N)/C(=C\N)CCCCn2ccc(=O)[nH]c2=O)cc1. The molecule has 5 N–H and O–H groups in total. The Morgan fingerprint density at radius 3 is 2.59 bits per heavy atom. The fourth-order valence-corrected chi connectivity index (χ4v) is 2.72. The van der Waals surface area contributed by atoms with E-state index < -0.39 is 5.69 Å². The van der Waals surface area contributed by atoms with Crippen LogP contribution in [0.4, 0.5) is 0 Å². The van der Waals surface area contributed by atoms with Crippen molar-refractivity contribution in [1.29, 1.82) is 0 Å². The number of benzene rings is 1. The van der Waals surface area contributed by atoms with E-state index in [1.807, 2.05) is 24.3 Å². The van der Waals surface area contributed by atoms with E-state index in [0.29, 0.717) is 19.5 Å². The van der Waals surface area contributed by atoms with Gasteiger partial charge in [-0.2, -0.15) is 0 Å². The fraction of sp³-hybridized carbons (Fsp3) is 0.368. The summed E-state index contributed by atoms with van der Waals surface area (Å²) in [5.74, 6) is 6.96. The number of aromatic amines is 1.